The standard InChI is InChI=1S/C32H32N4O2Si/c1-25(27-15-7-5-8-16-27)35-33-23-29-19-11-13-21-31(29)37-39(3,4)38-32-22-14-12-20-30(32)24-34-36-26(2)28-17-9-6-10-18-28/h5-24H,1-4H3/b33-23+,34-24+,35-25+,36-26+. The lowest BCUT2D eigenvalue weighted by atomic mass is 10.1. The van der Waals surface area contributed by atoms with E-state index in [1.165, 1.54) is 0 Å². The van der Waals surface area contributed by atoms with E-state index in [9.17, 15) is 0 Å². The highest BCUT2D eigenvalue weighted by Crippen LogP contribution is 2.25. The van der Waals surface area contributed by atoms with E-state index in [4.69, 9.17) is 8.85 Å². The van der Waals surface area contributed by atoms with Crippen molar-refractivity contribution in [2.24, 2.45) is 20.4 Å². The monoisotopic (exact) mass is 532 g/mol. The second-order valence-electron chi connectivity index (χ2n) is 9.27. The Hall–Kier alpha value is -4.62. The smallest absolute Gasteiger partial charge is 0.454 e. The van der Waals surface area contributed by atoms with Gasteiger partial charge in [-0.25, -0.2) is 0 Å². The van der Waals surface area contributed by atoms with Gasteiger partial charge in [0.25, 0.3) is 0 Å². The summed E-state index contributed by atoms with van der Waals surface area (Å²) >= 11 is 0. The summed E-state index contributed by atoms with van der Waals surface area (Å²) in [4.78, 5) is 0. The van der Waals surface area contributed by atoms with Gasteiger partial charge in [-0.1, -0.05) is 84.9 Å². The van der Waals surface area contributed by atoms with Crippen molar-refractivity contribution in [2.75, 3.05) is 0 Å². The first-order valence-corrected chi connectivity index (χ1v) is 15.6. The highest BCUT2D eigenvalue weighted by atomic mass is 28.4. The van der Waals surface area contributed by atoms with Crippen LogP contribution in [0.5, 0.6) is 11.5 Å². The molecule has 39 heavy (non-hydrogen) atoms. The van der Waals surface area contributed by atoms with E-state index in [0.29, 0.717) is 11.5 Å². The van der Waals surface area contributed by atoms with Crippen molar-refractivity contribution in [1.29, 1.82) is 0 Å². The molecule has 0 aliphatic rings. The van der Waals surface area contributed by atoms with Gasteiger partial charge in [0.05, 0.1) is 23.9 Å². The first-order chi connectivity index (χ1) is 18.9. The molecule has 4 aromatic rings. The Balaban J connectivity index is 1.47. The third kappa shape index (κ3) is 8.18. The molecule has 0 heterocycles. The molecule has 0 amide bonds. The predicted octanol–water partition coefficient (Wildman–Crippen LogP) is 7.53. The van der Waals surface area contributed by atoms with Gasteiger partial charge in [-0.2, -0.15) is 20.4 Å². The van der Waals surface area contributed by atoms with Gasteiger partial charge in [0, 0.05) is 24.2 Å². The zero-order valence-electron chi connectivity index (χ0n) is 22.7. The van der Waals surface area contributed by atoms with E-state index in [1.54, 1.807) is 12.4 Å². The van der Waals surface area contributed by atoms with E-state index in [2.05, 4.69) is 20.4 Å². The fraction of sp³-hybridized carbons (Fsp3) is 0.125. The van der Waals surface area contributed by atoms with Gasteiger partial charge in [-0.3, -0.25) is 0 Å². The molecule has 0 saturated heterocycles. The lowest BCUT2D eigenvalue weighted by molar-refractivity contribution is 0.399. The molecule has 0 aliphatic heterocycles. The van der Waals surface area contributed by atoms with E-state index in [-0.39, 0.29) is 0 Å². The summed E-state index contributed by atoms with van der Waals surface area (Å²) in [6, 6.07) is 35.4. The van der Waals surface area contributed by atoms with Gasteiger partial charge in [-0.15, -0.1) is 0 Å². The van der Waals surface area contributed by atoms with Crippen LogP contribution in [0.15, 0.2) is 130 Å². The van der Waals surface area contributed by atoms with Crippen LogP contribution in [-0.4, -0.2) is 32.4 Å². The van der Waals surface area contributed by atoms with E-state index >= 15 is 0 Å². The second kappa shape index (κ2) is 13.3. The normalized spacial score (nSPS) is 12.7. The maximum atomic E-state index is 6.44. The average Bonchev–Trinajstić information content (AvgIpc) is 2.95. The first kappa shape index (κ1) is 27.4. The van der Waals surface area contributed by atoms with Crippen LogP contribution in [0.1, 0.15) is 36.1 Å². The fourth-order valence-electron chi connectivity index (χ4n) is 3.74. The number of hydrogen-bond acceptors (Lipinski definition) is 6. The third-order valence-electron chi connectivity index (χ3n) is 5.74. The zero-order chi connectivity index (χ0) is 27.5. The molecule has 0 N–H and O–H groups in total. The summed E-state index contributed by atoms with van der Waals surface area (Å²) in [5.41, 5.74) is 5.39. The largest absolute Gasteiger partial charge is 0.512 e. The molecule has 0 bridgehead atoms. The summed E-state index contributed by atoms with van der Waals surface area (Å²) in [6.45, 7) is 7.89. The first-order valence-electron chi connectivity index (χ1n) is 12.7. The van der Waals surface area contributed by atoms with Crippen LogP contribution >= 0.6 is 0 Å². The second-order valence-corrected chi connectivity index (χ2v) is 12.5. The fourth-order valence-corrected chi connectivity index (χ4v) is 5.21. The lowest BCUT2D eigenvalue weighted by Gasteiger charge is -2.26. The van der Waals surface area contributed by atoms with Gasteiger partial charge < -0.3 is 8.85 Å². The maximum Gasteiger partial charge on any atom is 0.454 e. The van der Waals surface area contributed by atoms with Crippen LogP contribution in [0.2, 0.25) is 13.1 Å². The molecule has 0 spiro atoms. The Morgan fingerprint density at radius 1 is 0.538 bits per heavy atom. The van der Waals surface area contributed by atoms with Gasteiger partial charge in [0.2, 0.25) is 0 Å². The zero-order valence-corrected chi connectivity index (χ0v) is 23.7. The number of nitrogens with zero attached hydrogens (tertiary/aromatic N) is 4. The molecule has 0 aromatic heterocycles. The Bertz CT molecular complexity index is 1380. The molecule has 0 radical (unpaired) electrons. The quantitative estimate of drug-likeness (QED) is 0.120. The molecular formula is C32H32N4O2Si. The number of rotatable bonds is 10. The van der Waals surface area contributed by atoms with Crippen LogP contribution in [0.4, 0.5) is 0 Å². The molecule has 4 aromatic carbocycles. The van der Waals surface area contributed by atoms with Crippen LogP contribution in [0.25, 0.3) is 0 Å². The molecule has 0 aliphatic carbocycles. The minimum absolute atomic E-state index is 0.694. The number of benzene rings is 4. The van der Waals surface area contributed by atoms with Crippen molar-refractivity contribution in [3.8, 4) is 11.5 Å². The van der Waals surface area contributed by atoms with Gasteiger partial charge >= 0.3 is 8.56 Å². The Kier molecular flexibility index (Phi) is 9.32. The highest BCUT2D eigenvalue weighted by Gasteiger charge is 2.30. The van der Waals surface area contributed by atoms with Crippen LogP contribution < -0.4 is 8.85 Å². The lowest BCUT2D eigenvalue weighted by Crippen LogP contribution is -2.42. The molecule has 196 valence electrons. The Morgan fingerprint density at radius 2 is 0.897 bits per heavy atom. The summed E-state index contributed by atoms with van der Waals surface area (Å²) in [5.74, 6) is 1.39. The highest BCUT2D eigenvalue weighted by molar-refractivity contribution is 6.66. The van der Waals surface area contributed by atoms with Crippen molar-refractivity contribution in [3.05, 3.63) is 131 Å². The molecule has 0 saturated carbocycles. The summed E-state index contributed by atoms with van der Waals surface area (Å²) in [5, 5.41) is 17.3. The Morgan fingerprint density at radius 3 is 1.31 bits per heavy atom. The minimum Gasteiger partial charge on any atom is -0.512 e. The number of para-hydroxylation sites is 2. The minimum atomic E-state index is -2.67. The number of hydrogen-bond donors (Lipinski definition) is 0. The topological polar surface area (TPSA) is 67.9 Å². The van der Waals surface area contributed by atoms with Gasteiger partial charge in [0.1, 0.15) is 11.5 Å². The van der Waals surface area contributed by atoms with E-state index < -0.39 is 8.56 Å². The molecular weight excluding hydrogens is 500 g/mol. The van der Waals surface area contributed by atoms with Crippen LogP contribution in [0, 0.1) is 0 Å². The molecule has 0 atom stereocenters. The van der Waals surface area contributed by atoms with E-state index in [0.717, 1.165) is 33.7 Å². The Labute approximate surface area is 231 Å². The summed E-state index contributed by atoms with van der Waals surface area (Å²) in [7, 11) is -2.67. The molecule has 4 rings (SSSR count). The molecule has 7 heteroatoms. The molecule has 6 nitrogen and oxygen atoms in total. The molecule has 0 fully saturated rings. The van der Waals surface area contributed by atoms with Crippen molar-refractivity contribution < 1.29 is 8.85 Å². The maximum absolute atomic E-state index is 6.44. The van der Waals surface area contributed by atoms with E-state index in [1.807, 2.05) is 136 Å². The van der Waals surface area contributed by atoms with Crippen molar-refractivity contribution >= 4 is 32.4 Å². The van der Waals surface area contributed by atoms with Crippen LogP contribution in [-0.2, 0) is 0 Å². The van der Waals surface area contributed by atoms with Gasteiger partial charge in [-0.05, 0) is 49.2 Å². The SMILES string of the molecule is C/C(=N\N=C\c1ccccc1O[Si](C)(C)Oc1ccccc1/C=N/N=C(\C)c1ccccc1)c1ccccc1. The predicted molar refractivity (Wildman–Crippen MR) is 164 cm³/mol. The van der Waals surface area contributed by atoms with Crippen molar-refractivity contribution in [3.63, 3.8) is 0 Å². The van der Waals surface area contributed by atoms with Gasteiger partial charge in [0.15, 0.2) is 0 Å². The third-order valence-corrected chi connectivity index (χ3v) is 7.16. The molecule has 0 unspecified atom stereocenters. The average molecular weight is 533 g/mol. The van der Waals surface area contributed by atoms with Crippen LogP contribution in [0.3, 0.4) is 0 Å². The summed E-state index contributed by atoms with van der Waals surface area (Å²) in [6.07, 6.45) is 3.42. The summed E-state index contributed by atoms with van der Waals surface area (Å²) < 4.78 is 12.9. The van der Waals surface area contributed by atoms with Crippen molar-refractivity contribution in [2.45, 2.75) is 26.9 Å². The van der Waals surface area contributed by atoms with Crippen molar-refractivity contribution in [1.82, 2.24) is 0 Å².